The van der Waals surface area contributed by atoms with Gasteiger partial charge < -0.3 is 9.64 Å². The predicted octanol–water partition coefficient (Wildman–Crippen LogP) is 3.79. The molecule has 0 radical (unpaired) electrons. The van der Waals surface area contributed by atoms with Crippen LogP contribution in [0.1, 0.15) is 73.2 Å². The molecule has 1 atom stereocenters. The van der Waals surface area contributed by atoms with E-state index in [0.29, 0.717) is 24.5 Å². The SMILES string of the molecule is Cc1nc2nc(N3CCO[C@H](c4cnn(C)c4)C3)nc(C3CCC4(CC3)CC4)c2nc1C. The average molecular weight is 434 g/mol. The number of fused-ring (bicyclic) bond motifs is 1. The number of aromatic nitrogens is 6. The zero-order valence-electron chi connectivity index (χ0n) is 19.2. The number of aryl methyl sites for hydroxylation is 3. The Hall–Kier alpha value is -2.61. The molecule has 0 N–H and O–H groups in total. The largest absolute Gasteiger partial charge is 0.370 e. The third kappa shape index (κ3) is 3.54. The molecule has 6 rings (SSSR count). The molecule has 1 aliphatic heterocycles. The molecule has 32 heavy (non-hydrogen) atoms. The second-order valence-corrected chi connectivity index (χ2v) is 10.0. The van der Waals surface area contributed by atoms with Crippen LogP contribution in [-0.4, -0.2) is 49.4 Å². The van der Waals surface area contributed by atoms with E-state index in [1.165, 1.54) is 38.5 Å². The van der Waals surface area contributed by atoms with Gasteiger partial charge in [0.05, 0.1) is 36.4 Å². The van der Waals surface area contributed by atoms with Crippen LogP contribution in [0.3, 0.4) is 0 Å². The Morgan fingerprint density at radius 1 is 1.00 bits per heavy atom. The zero-order chi connectivity index (χ0) is 21.9. The molecule has 2 saturated carbocycles. The Morgan fingerprint density at radius 3 is 2.50 bits per heavy atom. The van der Waals surface area contributed by atoms with Crippen LogP contribution in [0.15, 0.2) is 12.4 Å². The smallest absolute Gasteiger partial charge is 0.227 e. The molecule has 0 bridgehead atoms. The first-order chi connectivity index (χ1) is 15.5. The Balaban J connectivity index is 1.36. The molecule has 168 valence electrons. The van der Waals surface area contributed by atoms with Crippen LogP contribution in [0.2, 0.25) is 0 Å². The van der Waals surface area contributed by atoms with Crippen molar-refractivity contribution in [2.45, 2.75) is 64.4 Å². The molecule has 0 unspecified atom stereocenters. The van der Waals surface area contributed by atoms with Crippen molar-refractivity contribution in [2.24, 2.45) is 12.5 Å². The summed E-state index contributed by atoms with van der Waals surface area (Å²) in [6.07, 6.45) is 11.7. The Bertz CT molecular complexity index is 1160. The van der Waals surface area contributed by atoms with Crippen LogP contribution >= 0.6 is 0 Å². The lowest BCUT2D eigenvalue weighted by molar-refractivity contribution is 0.0392. The van der Waals surface area contributed by atoms with E-state index in [2.05, 4.69) is 10.00 Å². The van der Waals surface area contributed by atoms with Crippen LogP contribution in [0.4, 0.5) is 5.95 Å². The first kappa shape index (κ1) is 20.0. The summed E-state index contributed by atoms with van der Waals surface area (Å²) in [6, 6.07) is 0. The van der Waals surface area contributed by atoms with E-state index in [9.17, 15) is 0 Å². The number of hydrogen-bond donors (Lipinski definition) is 0. The molecule has 3 aliphatic rings. The van der Waals surface area contributed by atoms with Crippen molar-refractivity contribution in [2.75, 3.05) is 24.6 Å². The summed E-state index contributed by atoms with van der Waals surface area (Å²) in [7, 11) is 1.93. The second-order valence-electron chi connectivity index (χ2n) is 10.0. The van der Waals surface area contributed by atoms with Crippen LogP contribution in [0.5, 0.6) is 0 Å². The molecule has 3 aromatic heterocycles. The minimum Gasteiger partial charge on any atom is -0.370 e. The fourth-order valence-electron chi connectivity index (χ4n) is 5.37. The van der Waals surface area contributed by atoms with E-state index in [1.54, 1.807) is 0 Å². The van der Waals surface area contributed by atoms with E-state index in [1.807, 2.05) is 38.0 Å². The zero-order valence-corrected chi connectivity index (χ0v) is 19.2. The van der Waals surface area contributed by atoms with Crippen LogP contribution < -0.4 is 4.90 Å². The van der Waals surface area contributed by atoms with E-state index in [-0.39, 0.29) is 6.10 Å². The van der Waals surface area contributed by atoms with Gasteiger partial charge in [-0.15, -0.1) is 0 Å². The van der Waals surface area contributed by atoms with Crippen molar-refractivity contribution < 1.29 is 4.74 Å². The highest BCUT2D eigenvalue weighted by Crippen LogP contribution is 2.58. The molecule has 3 fully saturated rings. The van der Waals surface area contributed by atoms with Crippen molar-refractivity contribution in [1.29, 1.82) is 0 Å². The summed E-state index contributed by atoms with van der Waals surface area (Å²) in [5, 5.41) is 4.31. The summed E-state index contributed by atoms with van der Waals surface area (Å²) in [5.41, 5.74) is 6.36. The van der Waals surface area contributed by atoms with Gasteiger partial charge in [0.2, 0.25) is 5.95 Å². The minimum absolute atomic E-state index is 0.0320. The van der Waals surface area contributed by atoms with E-state index >= 15 is 0 Å². The van der Waals surface area contributed by atoms with Crippen molar-refractivity contribution >= 4 is 17.1 Å². The van der Waals surface area contributed by atoms with Gasteiger partial charge in [0.25, 0.3) is 0 Å². The van der Waals surface area contributed by atoms with Gasteiger partial charge in [-0.3, -0.25) is 4.68 Å². The molecule has 3 aromatic rings. The average Bonchev–Trinajstić information content (AvgIpc) is 3.41. The van der Waals surface area contributed by atoms with Gasteiger partial charge in [-0.1, -0.05) is 0 Å². The molecule has 0 aromatic carbocycles. The lowest BCUT2D eigenvalue weighted by Gasteiger charge is -2.33. The van der Waals surface area contributed by atoms with Crippen molar-refractivity contribution in [1.82, 2.24) is 29.7 Å². The number of anilines is 1. The minimum atomic E-state index is -0.0320. The third-order valence-electron chi connectivity index (χ3n) is 7.79. The van der Waals surface area contributed by atoms with E-state index in [4.69, 9.17) is 24.7 Å². The second kappa shape index (κ2) is 7.47. The standard InChI is InChI=1S/C24H31N7O/c1-15-16(2)27-22-21(26-15)20(17-4-6-24(7-5-17)8-9-24)28-23(29-22)31-10-11-32-19(14-31)18-12-25-30(3)13-18/h12-13,17,19H,4-11,14H2,1-3H3/t19-/m0/s1. The lowest BCUT2D eigenvalue weighted by atomic mass is 9.78. The van der Waals surface area contributed by atoms with E-state index < -0.39 is 0 Å². The highest BCUT2D eigenvalue weighted by molar-refractivity contribution is 5.75. The van der Waals surface area contributed by atoms with Crippen LogP contribution in [-0.2, 0) is 11.8 Å². The Labute approximate surface area is 188 Å². The Morgan fingerprint density at radius 2 is 1.78 bits per heavy atom. The van der Waals surface area contributed by atoms with Gasteiger partial charge >= 0.3 is 0 Å². The number of morpholine rings is 1. The molecular formula is C24H31N7O. The summed E-state index contributed by atoms with van der Waals surface area (Å²) in [6.45, 7) is 6.16. The highest BCUT2D eigenvalue weighted by atomic mass is 16.5. The quantitative estimate of drug-likeness (QED) is 0.621. The maximum Gasteiger partial charge on any atom is 0.227 e. The molecule has 0 amide bonds. The number of hydrogen-bond acceptors (Lipinski definition) is 7. The van der Waals surface area contributed by atoms with Gasteiger partial charge in [0, 0.05) is 31.3 Å². The summed E-state index contributed by atoms with van der Waals surface area (Å²) >= 11 is 0. The molecule has 1 spiro atoms. The topological polar surface area (TPSA) is 81.9 Å². The fourth-order valence-corrected chi connectivity index (χ4v) is 5.37. The van der Waals surface area contributed by atoms with Crippen molar-refractivity contribution in [3.63, 3.8) is 0 Å². The molecule has 1 saturated heterocycles. The van der Waals surface area contributed by atoms with Gasteiger partial charge in [0.15, 0.2) is 5.65 Å². The molecular weight excluding hydrogens is 402 g/mol. The van der Waals surface area contributed by atoms with Crippen LogP contribution in [0, 0.1) is 19.3 Å². The number of ether oxygens (including phenoxy) is 1. The van der Waals surface area contributed by atoms with E-state index in [0.717, 1.165) is 46.3 Å². The van der Waals surface area contributed by atoms with Gasteiger partial charge in [-0.25, -0.2) is 15.0 Å². The summed E-state index contributed by atoms with van der Waals surface area (Å²) in [5.74, 6) is 1.20. The first-order valence-electron chi connectivity index (χ1n) is 11.9. The maximum absolute atomic E-state index is 6.05. The number of nitrogens with zero attached hydrogens (tertiary/aromatic N) is 7. The molecule has 8 heteroatoms. The number of rotatable bonds is 3. The van der Waals surface area contributed by atoms with Crippen molar-refractivity contribution in [3.05, 3.63) is 35.0 Å². The monoisotopic (exact) mass is 433 g/mol. The maximum atomic E-state index is 6.05. The fraction of sp³-hybridized carbons (Fsp3) is 0.625. The molecule has 2 aliphatic carbocycles. The molecule has 4 heterocycles. The van der Waals surface area contributed by atoms with Crippen LogP contribution in [0.25, 0.3) is 11.2 Å². The van der Waals surface area contributed by atoms with Gasteiger partial charge in [-0.2, -0.15) is 10.1 Å². The first-order valence-corrected chi connectivity index (χ1v) is 11.9. The predicted molar refractivity (Wildman–Crippen MR) is 122 cm³/mol. The summed E-state index contributed by atoms with van der Waals surface area (Å²) in [4.78, 5) is 22.0. The Kier molecular flexibility index (Phi) is 4.68. The third-order valence-corrected chi connectivity index (χ3v) is 7.79. The molecule has 8 nitrogen and oxygen atoms in total. The van der Waals surface area contributed by atoms with Crippen molar-refractivity contribution in [3.8, 4) is 0 Å². The highest BCUT2D eigenvalue weighted by Gasteiger charge is 2.45. The van der Waals surface area contributed by atoms with Gasteiger partial charge in [0.1, 0.15) is 11.6 Å². The van der Waals surface area contributed by atoms with Gasteiger partial charge in [-0.05, 0) is 57.8 Å². The lowest BCUT2D eigenvalue weighted by Crippen LogP contribution is -2.39. The summed E-state index contributed by atoms with van der Waals surface area (Å²) < 4.78 is 7.87. The normalized spacial score (nSPS) is 23.2.